The number of hydrogen-bond donors (Lipinski definition) is 1. The maximum atomic E-state index is 13.1. The standard InChI is InChI=1S/C23H30N2O5S/c1-4-30-20-11-9-18(14-21(20)29-3)16-24-23(26)19-10-8-17(2)22(15-19)31(27,28)25-12-6-5-7-13-25/h8-11,14-15H,4-7,12-13,16H2,1-3H3,(H,24,26). The molecule has 1 N–H and O–H groups in total. The van der Waals surface area contributed by atoms with Crippen molar-refractivity contribution in [3.63, 3.8) is 0 Å². The lowest BCUT2D eigenvalue weighted by Crippen LogP contribution is -2.36. The van der Waals surface area contributed by atoms with Crippen molar-refractivity contribution in [3.8, 4) is 11.5 Å². The van der Waals surface area contributed by atoms with Gasteiger partial charge in [0, 0.05) is 25.2 Å². The summed E-state index contributed by atoms with van der Waals surface area (Å²) in [6, 6.07) is 10.3. The van der Waals surface area contributed by atoms with Crippen LogP contribution in [-0.2, 0) is 16.6 Å². The second-order valence-corrected chi connectivity index (χ2v) is 9.45. The van der Waals surface area contributed by atoms with E-state index in [0.717, 1.165) is 24.8 Å². The van der Waals surface area contributed by atoms with Gasteiger partial charge in [0.2, 0.25) is 10.0 Å². The topological polar surface area (TPSA) is 84.9 Å². The number of benzene rings is 2. The highest BCUT2D eigenvalue weighted by atomic mass is 32.2. The molecule has 1 amide bonds. The Hall–Kier alpha value is -2.58. The van der Waals surface area contributed by atoms with Gasteiger partial charge < -0.3 is 14.8 Å². The van der Waals surface area contributed by atoms with Crippen molar-refractivity contribution in [1.82, 2.24) is 9.62 Å². The SMILES string of the molecule is CCOc1ccc(CNC(=O)c2ccc(C)c(S(=O)(=O)N3CCCCC3)c2)cc1OC. The van der Waals surface area contributed by atoms with Gasteiger partial charge in [0.1, 0.15) is 0 Å². The van der Waals surface area contributed by atoms with E-state index in [1.54, 1.807) is 32.2 Å². The molecule has 0 saturated carbocycles. The number of rotatable bonds is 8. The van der Waals surface area contributed by atoms with E-state index in [1.165, 1.54) is 10.4 Å². The van der Waals surface area contributed by atoms with Crippen molar-refractivity contribution in [2.24, 2.45) is 0 Å². The number of amides is 1. The molecule has 1 aliphatic heterocycles. The molecule has 168 valence electrons. The zero-order chi connectivity index (χ0) is 22.4. The van der Waals surface area contributed by atoms with Crippen LogP contribution in [0.25, 0.3) is 0 Å². The summed E-state index contributed by atoms with van der Waals surface area (Å²) in [5.41, 5.74) is 1.80. The monoisotopic (exact) mass is 446 g/mol. The summed E-state index contributed by atoms with van der Waals surface area (Å²) >= 11 is 0. The summed E-state index contributed by atoms with van der Waals surface area (Å²) in [7, 11) is -2.05. The Balaban J connectivity index is 1.75. The Bertz CT molecular complexity index is 1030. The fourth-order valence-electron chi connectivity index (χ4n) is 3.64. The van der Waals surface area contributed by atoms with E-state index in [2.05, 4.69) is 5.32 Å². The first-order valence-corrected chi connectivity index (χ1v) is 12.0. The van der Waals surface area contributed by atoms with E-state index in [4.69, 9.17) is 9.47 Å². The van der Waals surface area contributed by atoms with Gasteiger partial charge >= 0.3 is 0 Å². The highest BCUT2D eigenvalue weighted by molar-refractivity contribution is 7.89. The van der Waals surface area contributed by atoms with E-state index >= 15 is 0 Å². The molecule has 0 atom stereocenters. The van der Waals surface area contributed by atoms with Crippen molar-refractivity contribution >= 4 is 15.9 Å². The highest BCUT2D eigenvalue weighted by Gasteiger charge is 2.28. The van der Waals surface area contributed by atoms with Crippen LogP contribution in [0, 0.1) is 6.92 Å². The number of aryl methyl sites for hydroxylation is 1. The maximum absolute atomic E-state index is 13.1. The second kappa shape index (κ2) is 10.2. The summed E-state index contributed by atoms with van der Waals surface area (Å²) in [6.07, 6.45) is 2.78. The first-order chi connectivity index (χ1) is 14.9. The summed E-state index contributed by atoms with van der Waals surface area (Å²) in [5.74, 6) is 0.910. The minimum Gasteiger partial charge on any atom is -0.493 e. The molecule has 2 aromatic rings. The third-order valence-corrected chi connectivity index (χ3v) is 7.40. The minimum absolute atomic E-state index is 0.199. The molecule has 1 aliphatic rings. The number of methoxy groups -OCH3 is 1. The predicted octanol–water partition coefficient (Wildman–Crippen LogP) is 3.51. The first kappa shape index (κ1) is 23.1. The van der Waals surface area contributed by atoms with Gasteiger partial charge in [-0.1, -0.05) is 18.6 Å². The van der Waals surface area contributed by atoms with Gasteiger partial charge in [-0.2, -0.15) is 4.31 Å². The number of hydrogen-bond acceptors (Lipinski definition) is 5. The molecule has 1 heterocycles. The molecule has 0 bridgehead atoms. The van der Waals surface area contributed by atoms with Crippen molar-refractivity contribution < 1.29 is 22.7 Å². The molecule has 0 aliphatic carbocycles. The molecule has 0 unspecified atom stereocenters. The Labute approximate surface area is 184 Å². The van der Waals surface area contributed by atoms with E-state index < -0.39 is 10.0 Å². The highest BCUT2D eigenvalue weighted by Crippen LogP contribution is 2.28. The number of ether oxygens (including phenoxy) is 2. The Morgan fingerprint density at radius 3 is 2.48 bits per heavy atom. The third kappa shape index (κ3) is 5.37. The average molecular weight is 447 g/mol. The van der Waals surface area contributed by atoms with Crippen LogP contribution in [0.4, 0.5) is 0 Å². The van der Waals surface area contributed by atoms with Crippen LogP contribution in [0.3, 0.4) is 0 Å². The van der Waals surface area contributed by atoms with Crippen molar-refractivity contribution in [3.05, 3.63) is 53.1 Å². The van der Waals surface area contributed by atoms with Crippen LogP contribution in [0.1, 0.15) is 47.7 Å². The quantitative estimate of drug-likeness (QED) is 0.671. The lowest BCUT2D eigenvalue weighted by Gasteiger charge is -2.26. The minimum atomic E-state index is -3.61. The zero-order valence-corrected chi connectivity index (χ0v) is 19.1. The van der Waals surface area contributed by atoms with Crippen LogP contribution in [-0.4, -0.2) is 45.4 Å². The normalized spacial score (nSPS) is 14.8. The number of piperidine rings is 1. The second-order valence-electron chi connectivity index (χ2n) is 7.55. The van der Waals surface area contributed by atoms with Crippen LogP contribution in [0.5, 0.6) is 11.5 Å². The van der Waals surface area contributed by atoms with Gasteiger partial charge in [-0.15, -0.1) is 0 Å². The molecular weight excluding hydrogens is 416 g/mol. The van der Waals surface area contributed by atoms with Crippen molar-refractivity contribution in [2.45, 2.75) is 44.6 Å². The fraction of sp³-hybridized carbons (Fsp3) is 0.435. The summed E-state index contributed by atoms with van der Waals surface area (Å²) < 4.78 is 38.5. The fourth-order valence-corrected chi connectivity index (χ4v) is 5.41. The molecule has 8 heteroatoms. The van der Waals surface area contributed by atoms with Crippen LogP contribution in [0.15, 0.2) is 41.3 Å². The molecule has 0 spiro atoms. The number of sulfonamides is 1. The molecule has 7 nitrogen and oxygen atoms in total. The summed E-state index contributed by atoms with van der Waals surface area (Å²) in [4.78, 5) is 12.9. The van der Waals surface area contributed by atoms with E-state index in [0.29, 0.717) is 42.3 Å². The third-order valence-electron chi connectivity index (χ3n) is 5.36. The van der Waals surface area contributed by atoms with Gasteiger partial charge in [0.25, 0.3) is 5.91 Å². The van der Waals surface area contributed by atoms with Crippen LogP contribution in [0.2, 0.25) is 0 Å². The maximum Gasteiger partial charge on any atom is 0.251 e. The van der Waals surface area contributed by atoms with Crippen LogP contribution < -0.4 is 14.8 Å². The number of nitrogens with zero attached hydrogens (tertiary/aromatic N) is 1. The smallest absolute Gasteiger partial charge is 0.251 e. The summed E-state index contributed by atoms with van der Waals surface area (Å²) in [5, 5.41) is 2.85. The van der Waals surface area contributed by atoms with Gasteiger partial charge in [-0.05, 0) is 62.1 Å². The Morgan fingerprint density at radius 1 is 1.06 bits per heavy atom. The lowest BCUT2D eigenvalue weighted by atomic mass is 10.1. The van der Waals surface area contributed by atoms with Crippen molar-refractivity contribution in [1.29, 1.82) is 0 Å². The van der Waals surface area contributed by atoms with E-state index in [9.17, 15) is 13.2 Å². The number of carbonyl (C=O) groups excluding carboxylic acids is 1. The molecule has 31 heavy (non-hydrogen) atoms. The predicted molar refractivity (Wildman–Crippen MR) is 119 cm³/mol. The molecule has 0 radical (unpaired) electrons. The Kier molecular flexibility index (Phi) is 7.56. The van der Waals surface area contributed by atoms with Gasteiger partial charge in [0.15, 0.2) is 11.5 Å². The average Bonchev–Trinajstić information content (AvgIpc) is 2.79. The van der Waals surface area contributed by atoms with Gasteiger partial charge in [0.05, 0.1) is 18.6 Å². The molecule has 2 aromatic carbocycles. The summed E-state index contributed by atoms with van der Waals surface area (Å²) in [6.45, 7) is 5.52. The van der Waals surface area contributed by atoms with Crippen LogP contribution >= 0.6 is 0 Å². The van der Waals surface area contributed by atoms with Gasteiger partial charge in [-0.3, -0.25) is 4.79 Å². The Morgan fingerprint density at radius 2 is 1.81 bits per heavy atom. The molecule has 1 saturated heterocycles. The molecule has 0 aromatic heterocycles. The van der Waals surface area contributed by atoms with Gasteiger partial charge in [-0.25, -0.2) is 8.42 Å². The van der Waals surface area contributed by atoms with Crippen molar-refractivity contribution in [2.75, 3.05) is 26.8 Å². The first-order valence-electron chi connectivity index (χ1n) is 10.6. The number of nitrogens with one attached hydrogen (secondary N) is 1. The lowest BCUT2D eigenvalue weighted by molar-refractivity contribution is 0.0950. The molecule has 1 fully saturated rings. The number of carbonyl (C=O) groups is 1. The van der Waals surface area contributed by atoms with E-state index in [1.807, 2.05) is 19.1 Å². The molecular formula is C23H30N2O5S. The zero-order valence-electron chi connectivity index (χ0n) is 18.3. The molecule has 3 rings (SSSR count). The largest absolute Gasteiger partial charge is 0.493 e. The van der Waals surface area contributed by atoms with E-state index in [-0.39, 0.29) is 17.3 Å².